The van der Waals surface area contributed by atoms with Crippen molar-refractivity contribution in [1.82, 2.24) is 0 Å². The number of carboxylic acid groups (broad SMARTS) is 1. The molecule has 0 unspecified atom stereocenters. The SMILES string of the molecule is Cc1ccc(C/C=C/CCC(=O)O)cc1. The number of allylic oxidation sites excluding steroid dienone is 2. The summed E-state index contributed by atoms with van der Waals surface area (Å²) in [6.07, 6.45) is 5.65. The predicted molar refractivity (Wildman–Crippen MR) is 60.9 cm³/mol. The number of hydrogen-bond acceptors (Lipinski definition) is 1. The van der Waals surface area contributed by atoms with Crippen molar-refractivity contribution in [3.8, 4) is 0 Å². The van der Waals surface area contributed by atoms with Crippen LogP contribution in [-0.4, -0.2) is 11.1 Å². The van der Waals surface area contributed by atoms with Crippen molar-refractivity contribution in [1.29, 1.82) is 0 Å². The monoisotopic (exact) mass is 204 g/mol. The molecule has 15 heavy (non-hydrogen) atoms. The summed E-state index contributed by atoms with van der Waals surface area (Å²) in [7, 11) is 0. The summed E-state index contributed by atoms with van der Waals surface area (Å²) in [5, 5.41) is 8.43. The maximum absolute atomic E-state index is 10.2. The molecular formula is C13H16O2. The summed E-state index contributed by atoms with van der Waals surface area (Å²) < 4.78 is 0. The van der Waals surface area contributed by atoms with Gasteiger partial charge in [0.2, 0.25) is 0 Å². The molecule has 0 fully saturated rings. The molecule has 1 aromatic rings. The number of hydrogen-bond donors (Lipinski definition) is 1. The fourth-order valence-corrected chi connectivity index (χ4v) is 1.27. The van der Waals surface area contributed by atoms with Crippen LogP contribution in [0.3, 0.4) is 0 Å². The Kier molecular flexibility index (Phi) is 4.61. The zero-order chi connectivity index (χ0) is 11.1. The van der Waals surface area contributed by atoms with Gasteiger partial charge in [-0.15, -0.1) is 0 Å². The van der Waals surface area contributed by atoms with Crippen LogP contribution in [-0.2, 0) is 11.2 Å². The van der Waals surface area contributed by atoms with Crippen LogP contribution in [0.2, 0.25) is 0 Å². The van der Waals surface area contributed by atoms with E-state index in [0.717, 1.165) is 6.42 Å². The molecule has 0 atom stereocenters. The van der Waals surface area contributed by atoms with Gasteiger partial charge in [-0.25, -0.2) is 0 Å². The molecular weight excluding hydrogens is 188 g/mol. The number of benzene rings is 1. The summed E-state index contributed by atoms with van der Waals surface area (Å²) in [5.74, 6) is -0.741. The van der Waals surface area contributed by atoms with E-state index >= 15 is 0 Å². The van der Waals surface area contributed by atoms with Gasteiger partial charge in [-0.3, -0.25) is 4.79 Å². The molecule has 80 valence electrons. The lowest BCUT2D eigenvalue weighted by Crippen LogP contribution is -1.91. The van der Waals surface area contributed by atoms with Gasteiger partial charge >= 0.3 is 5.97 Å². The van der Waals surface area contributed by atoms with Crippen LogP contribution in [0.15, 0.2) is 36.4 Å². The van der Waals surface area contributed by atoms with Crippen molar-refractivity contribution >= 4 is 5.97 Å². The number of carboxylic acids is 1. The van der Waals surface area contributed by atoms with Gasteiger partial charge in [-0.2, -0.15) is 0 Å². The standard InChI is InChI=1S/C13H16O2/c1-11-7-9-12(10-8-11)5-3-2-4-6-13(14)15/h2-3,7-10H,4-6H2,1H3,(H,14,15)/b3-2+. The van der Waals surface area contributed by atoms with Crippen LogP contribution in [0.5, 0.6) is 0 Å². The average molecular weight is 204 g/mol. The molecule has 1 aromatic carbocycles. The van der Waals surface area contributed by atoms with Crippen LogP contribution >= 0.6 is 0 Å². The maximum atomic E-state index is 10.2. The van der Waals surface area contributed by atoms with Gasteiger partial charge in [0, 0.05) is 6.42 Å². The number of carbonyl (C=O) groups is 1. The van der Waals surface area contributed by atoms with Gasteiger partial charge in [0.1, 0.15) is 0 Å². The molecule has 0 aliphatic carbocycles. The predicted octanol–water partition coefficient (Wildman–Crippen LogP) is 2.96. The molecule has 0 spiro atoms. The van der Waals surface area contributed by atoms with Crippen molar-refractivity contribution < 1.29 is 9.90 Å². The number of rotatable bonds is 5. The highest BCUT2D eigenvalue weighted by Gasteiger charge is 1.92. The van der Waals surface area contributed by atoms with Crippen molar-refractivity contribution in [2.45, 2.75) is 26.2 Å². The Hall–Kier alpha value is -1.57. The van der Waals surface area contributed by atoms with Crippen molar-refractivity contribution in [2.75, 3.05) is 0 Å². The van der Waals surface area contributed by atoms with E-state index < -0.39 is 5.97 Å². The first-order valence-electron chi connectivity index (χ1n) is 5.11. The Morgan fingerprint density at radius 1 is 1.27 bits per heavy atom. The molecule has 0 radical (unpaired) electrons. The highest BCUT2D eigenvalue weighted by atomic mass is 16.4. The first-order valence-corrected chi connectivity index (χ1v) is 5.11. The normalized spacial score (nSPS) is 10.7. The van der Waals surface area contributed by atoms with Crippen LogP contribution in [0.4, 0.5) is 0 Å². The average Bonchev–Trinajstić information content (AvgIpc) is 2.20. The van der Waals surface area contributed by atoms with Gasteiger partial charge in [0.15, 0.2) is 0 Å². The second-order valence-electron chi connectivity index (χ2n) is 3.59. The summed E-state index contributed by atoms with van der Waals surface area (Å²) in [6, 6.07) is 8.36. The fraction of sp³-hybridized carbons (Fsp3) is 0.308. The molecule has 1 rings (SSSR count). The largest absolute Gasteiger partial charge is 0.481 e. The molecule has 0 bridgehead atoms. The van der Waals surface area contributed by atoms with E-state index in [1.165, 1.54) is 11.1 Å². The van der Waals surface area contributed by atoms with E-state index in [2.05, 4.69) is 31.2 Å². The highest BCUT2D eigenvalue weighted by Crippen LogP contribution is 2.04. The topological polar surface area (TPSA) is 37.3 Å². The molecule has 0 aliphatic rings. The second kappa shape index (κ2) is 6.02. The van der Waals surface area contributed by atoms with E-state index in [1.807, 2.05) is 12.2 Å². The first-order chi connectivity index (χ1) is 7.18. The summed E-state index contributed by atoms with van der Waals surface area (Å²) in [5.41, 5.74) is 2.51. The molecule has 1 N–H and O–H groups in total. The van der Waals surface area contributed by atoms with E-state index in [4.69, 9.17) is 5.11 Å². The third-order valence-electron chi connectivity index (χ3n) is 2.17. The summed E-state index contributed by atoms with van der Waals surface area (Å²) in [6.45, 7) is 2.06. The highest BCUT2D eigenvalue weighted by molar-refractivity contribution is 5.66. The zero-order valence-electron chi connectivity index (χ0n) is 8.94. The maximum Gasteiger partial charge on any atom is 0.303 e. The van der Waals surface area contributed by atoms with Gasteiger partial charge in [0.25, 0.3) is 0 Å². The van der Waals surface area contributed by atoms with Crippen LogP contribution in [0, 0.1) is 6.92 Å². The summed E-state index contributed by atoms with van der Waals surface area (Å²) in [4.78, 5) is 10.2. The minimum atomic E-state index is -0.741. The van der Waals surface area contributed by atoms with Crippen LogP contribution in [0.1, 0.15) is 24.0 Å². The van der Waals surface area contributed by atoms with Crippen LogP contribution in [0.25, 0.3) is 0 Å². The molecule has 0 aromatic heterocycles. The minimum Gasteiger partial charge on any atom is -0.481 e. The molecule has 0 heterocycles. The zero-order valence-corrected chi connectivity index (χ0v) is 8.94. The Morgan fingerprint density at radius 2 is 1.93 bits per heavy atom. The van der Waals surface area contributed by atoms with E-state index in [1.54, 1.807) is 0 Å². The first kappa shape index (κ1) is 11.5. The Morgan fingerprint density at radius 3 is 2.53 bits per heavy atom. The molecule has 0 amide bonds. The van der Waals surface area contributed by atoms with Crippen molar-refractivity contribution in [3.63, 3.8) is 0 Å². The fourth-order valence-electron chi connectivity index (χ4n) is 1.27. The minimum absolute atomic E-state index is 0.213. The third-order valence-corrected chi connectivity index (χ3v) is 2.17. The quantitative estimate of drug-likeness (QED) is 0.749. The van der Waals surface area contributed by atoms with E-state index in [9.17, 15) is 4.79 Å². The molecule has 0 aliphatic heterocycles. The van der Waals surface area contributed by atoms with Crippen molar-refractivity contribution in [3.05, 3.63) is 47.5 Å². The van der Waals surface area contributed by atoms with Gasteiger partial charge < -0.3 is 5.11 Å². The Bertz CT molecular complexity index is 336. The molecule has 0 saturated carbocycles. The summed E-state index contributed by atoms with van der Waals surface area (Å²) >= 11 is 0. The van der Waals surface area contributed by atoms with Gasteiger partial charge in [0.05, 0.1) is 0 Å². The Labute approximate surface area is 90.3 Å². The van der Waals surface area contributed by atoms with Crippen molar-refractivity contribution in [2.24, 2.45) is 0 Å². The lowest BCUT2D eigenvalue weighted by atomic mass is 10.1. The van der Waals surface area contributed by atoms with E-state index in [0.29, 0.717) is 6.42 Å². The smallest absolute Gasteiger partial charge is 0.303 e. The Balaban J connectivity index is 2.30. The number of aliphatic carboxylic acids is 1. The lowest BCUT2D eigenvalue weighted by molar-refractivity contribution is -0.136. The number of aryl methyl sites for hydroxylation is 1. The van der Waals surface area contributed by atoms with Gasteiger partial charge in [-0.1, -0.05) is 42.0 Å². The second-order valence-corrected chi connectivity index (χ2v) is 3.59. The third kappa shape index (κ3) is 5.01. The van der Waals surface area contributed by atoms with Gasteiger partial charge in [-0.05, 0) is 25.3 Å². The van der Waals surface area contributed by atoms with E-state index in [-0.39, 0.29) is 6.42 Å². The lowest BCUT2D eigenvalue weighted by Gasteiger charge is -1.96. The molecule has 2 heteroatoms. The molecule has 0 saturated heterocycles. The molecule has 2 nitrogen and oxygen atoms in total. The van der Waals surface area contributed by atoms with Crippen LogP contribution < -0.4 is 0 Å².